The number of amides is 1. The summed E-state index contributed by atoms with van der Waals surface area (Å²) in [5.41, 5.74) is 11.1. The van der Waals surface area contributed by atoms with E-state index >= 15 is 0 Å². The Kier molecular flexibility index (Phi) is 6.65. The number of H-pyrrole nitrogens is 1. The van der Waals surface area contributed by atoms with Crippen LogP contribution in [-0.2, 0) is 24.4 Å². The molecule has 4 aromatic rings. The number of hydrogen-bond acceptors (Lipinski definition) is 5. The van der Waals surface area contributed by atoms with E-state index in [2.05, 4.69) is 66.0 Å². The van der Waals surface area contributed by atoms with Crippen molar-refractivity contribution in [2.45, 2.75) is 85.7 Å². The fraction of sp³-hybridized carbons (Fsp3) is 0.424. The van der Waals surface area contributed by atoms with Crippen molar-refractivity contribution in [3.63, 3.8) is 0 Å². The summed E-state index contributed by atoms with van der Waals surface area (Å²) in [6.45, 7) is 15.3. The summed E-state index contributed by atoms with van der Waals surface area (Å²) in [7, 11) is 0. The number of carbonyl (C=O) groups excluding carboxylic acids is 1. The number of rotatable bonds is 4. The van der Waals surface area contributed by atoms with E-state index in [9.17, 15) is 4.79 Å². The Morgan fingerprint density at radius 3 is 2.58 bits per heavy atom. The number of aryl methyl sites for hydroxylation is 3. The van der Waals surface area contributed by atoms with Crippen molar-refractivity contribution in [2.24, 2.45) is 0 Å². The molecule has 1 amide bonds. The van der Waals surface area contributed by atoms with Crippen LogP contribution in [0.1, 0.15) is 78.9 Å². The number of nitrogens with one attached hydrogen (secondary N) is 1. The minimum absolute atomic E-state index is 0.000371. The lowest BCUT2D eigenvalue weighted by molar-refractivity contribution is 0.0224. The van der Waals surface area contributed by atoms with Crippen molar-refractivity contribution >= 4 is 17.1 Å². The Morgan fingerprint density at radius 2 is 1.82 bits per heavy atom. The van der Waals surface area contributed by atoms with Crippen molar-refractivity contribution in [1.82, 2.24) is 24.8 Å². The topological polar surface area (TPSA) is 74.4 Å². The Labute approximate surface area is 236 Å². The largest absolute Gasteiger partial charge is 0.444 e. The molecule has 0 unspecified atom stereocenters. The molecule has 0 bridgehead atoms. The van der Waals surface area contributed by atoms with Gasteiger partial charge in [0.25, 0.3) is 0 Å². The molecule has 6 rings (SSSR count). The lowest BCUT2D eigenvalue weighted by atomic mass is 9.91. The molecule has 0 spiro atoms. The molecule has 1 N–H and O–H groups in total. The summed E-state index contributed by atoms with van der Waals surface area (Å²) in [5, 5.41) is 1.14. The highest BCUT2D eigenvalue weighted by Crippen LogP contribution is 2.41. The highest BCUT2D eigenvalue weighted by Gasteiger charge is 2.36. The van der Waals surface area contributed by atoms with E-state index in [0.29, 0.717) is 6.54 Å². The predicted molar refractivity (Wildman–Crippen MR) is 158 cm³/mol. The van der Waals surface area contributed by atoms with Gasteiger partial charge in [0, 0.05) is 60.9 Å². The van der Waals surface area contributed by atoms with Gasteiger partial charge in [-0.2, -0.15) is 0 Å². The number of nitrogens with zero attached hydrogens (tertiary/aromatic N) is 4. The number of carbonyl (C=O) groups is 1. The highest BCUT2D eigenvalue weighted by molar-refractivity contribution is 5.84. The van der Waals surface area contributed by atoms with Gasteiger partial charge in [-0.25, -0.2) is 9.78 Å². The number of likely N-dealkylation sites (tertiary alicyclic amines) is 1. The zero-order chi connectivity index (χ0) is 28.2. The minimum atomic E-state index is -0.527. The molecule has 40 heavy (non-hydrogen) atoms. The number of ether oxygens (including phenoxy) is 1. The van der Waals surface area contributed by atoms with E-state index < -0.39 is 5.60 Å². The van der Waals surface area contributed by atoms with Crippen LogP contribution in [0.3, 0.4) is 0 Å². The molecule has 0 radical (unpaired) electrons. The van der Waals surface area contributed by atoms with Crippen LogP contribution >= 0.6 is 0 Å². The first-order valence-electron chi connectivity index (χ1n) is 14.3. The lowest BCUT2D eigenvalue weighted by Crippen LogP contribution is -2.36. The van der Waals surface area contributed by atoms with Crippen LogP contribution in [0.25, 0.3) is 22.2 Å². The van der Waals surface area contributed by atoms with E-state index in [1.165, 1.54) is 27.8 Å². The van der Waals surface area contributed by atoms with Gasteiger partial charge in [0.05, 0.1) is 6.04 Å². The third-order valence-electron chi connectivity index (χ3n) is 8.01. The molecule has 1 fully saturated rings. The smallest absolute Gasteiger partial charge is 0.410 e. The Balaban J connectivity index is 1.40. The molecule has 0 aliphatic carbocycles. The molecule has 1 saturated heterocycles. The monoisotopic (exact) mass is 537 g/mol. The fourth-order valence-corrected chi connectivity index (χ4v) is 6.38. The second-order valence-corrected chi connectivity index (χ2v) is 12.5. The number of aromatic nitrogens is 3. The van der Waals surface area contributed by atoms with Gasteiger partial charge in [-0.3, -0.25) is 9.88 Å². The van der Waals surface area contributed by atoms with Crippen LogP contribution in [0.4, 0.5) is 4.79 Å². The second kappa shape index (κ2) is 10.0. The Bertz CT molecular complexity index is 1580. The van der Waals surface area contributed by atoms with Gasteiger partial charge < -0.3 is 14.6 Å². The Morgan fingerprint density at radius 1 is 1.05 bits per heavy atom. The van der Waals surface area contributed by atoms with Crippen molar-refractivity contribution in [3.8, 4) is 11.1 Å². The van der Waals surface area contributed by atoms with Crippen LogP contribution in [0.2, 0.25) is 0 Å². The first-order chi connectivity index (χ1) is 19.0. The summed E-state index contributed by atoms with van der Waals surface area (Å²) in [6, 6.07) is 11.2. The minimum Gasteiger partial charge on any atom is -0.444 e. The maximum atomic E-state index is 13.3. The van der Waals surface area contributed by atoms with E-state index in [0.717, 1.165) is 66.0 Å². The molecule has 2 aliphatic rings. The molecule has 2 aliphatic heterocycles. The molecule has 1 aromatic carbocycles. The normalized spacial score (nSPS) is 17.6. The first-order valence-corrected chi connectivity index (χ1v) is 14.3. The summed E-state index contributed by atoms with van der Waals surface area (Å²) in [4.78, 5) is 30.3. The van der Waals surface area contributed by atoms with Crippen LogP contribution in [0.5, 0.6) is 0 Å². The quantitative estimate of drug-likeness (QED) is 0.300. The van der Waals surface area contributed by atoms with Gasteiger partial charge in [-0.15, -0.1) is 0 Å². The van der Waals surface area contributed by atoms with Crippen molar-refractivity contribution in [3.05, 3.63) is 81.9 Å². The molecule has 1 atom stereocenters. The highest BCUT2D eigenvalue weighted by atomic mass is 16.6. The van der Waals surface area contributed by atoms with E-state index in [4.69, 9.17) is 9.72 Å². The Hall–Kier alpha value is -3.71. The standard InChI is InChI=1S/C33H39N5O2/c1-20-15-34-31-27(20)14-25(16-35-31)24-12-26-18-37(17-23-10-21(2)36-22(3)11-23)19-29(26)28(13-24)30-8-7-9-38(30)32(39)40-33(4,5)6/h10-16,30H,7-9,17-19H2,1-6H3,(H,34,35)/t30-/m0/s1. The average molecular weight is 538 g/mol. The van der Waals surface area contributed by atoms with E-state index in [-0.39, 0.29) is 12.1 Å². The third-order valence-corrected chi connectivity index (χ3v) is 8.01. The van der Waals surface area contributed by atoms with E-state index in [1.54, 1.807) is 0 Å². The first kappa shape index (κ1) is 26.5. The molecule has 7 heteroatoms. The van der Waals surface area contributed by atoms with Gasteiger partial charge in [0.2, 0.25) is 0 Å². The van der Waals surface area contributed by atoms with Gasteiger partial charge in [0.15, 0.2) is 0 Å². The molecule has 7 nitrogen and oxygen atoms in total. The maximum absolute atomic E-state index is 13.3. The van der Waals surface area contributed by atoms with Gasteiger partial charge >= 0.3 is 6.09 Å². The molecular weight excluding hydrogens is 498 g/mol. The summed E-state index contributed by atoms with van der Waals surface area (Å²) >= 11 is 0. The SMILES string of the molecule is Cc1cc(CN2Cc3cc(-c4cnc5[nH]cc(C)c5c4)cc([C@@H]4CCCN4C(=O)OC(C)(C)C)c3C2)cc(C)n1. The van der Waals surface area contributed by atoms with Crippen molar-refractivity contribution < 1.29 is 9.53 Å². The third kappa shape index (κ3) is 5.22. The predicted octanol–water partition coefficient (Wildman–Crippen LogP) is 7.14. The van der Waals surface area contributed by atoms with Crippen LogP contribution in [0.15, 0.2) is 42.7 Å². The van der Waals surface area contributed by atoms with Gasteiger partial charge in [-0.1, -0.05) is 0 Å². The van der Waals surface area contributed by atoms with Crippen molar-refractivity contribution in [2.75, 3.05) is 6.54 Å². The summed E-state index contributed by atoms with van der Waals surface area (Å²) in [5.74, 6) is 0. The molecule has 5 heterocycles. The summed E-state index contributed by atoms with van der Waals surface area (Å²) < 4.78 is 5.84. The summed E-state index contributed by atoms with van der Waals surface area (Å²) in [6.07, 6.45) is 5.65. The average Bonchev–Trinajstić information content (AvgIpc) is 3.60. The van der Waals surface area contributed by atoms with Crippen LogP contribution in [-0.4, -0.2) is 43.0 Å². The number of fused-ring (bicyclic) bond motifs is 2. The number of hydrogen-bond donors (Lipinski definition) is 1. The molecule has 3 aromatic heterocycles. The van der Waals surface area contributed by atoms with Crippen molar-refractivity contribution in [1.29, 1.82) is 0 Å². The van der Waals surface area contributed by atoms with Gasteiger partial charge in [-0.05, 0) is 118 Å². The zero-order valence-electron chi connectivity index (χ0n) is 24.5. The van der Waals surface area contributed by atoms with Crippen LogP contribution in [0, 0.1) is 20.8 Å². The molecule has 208 valence electrons. The van der Waals surface area contributed by atoms with E-state index in [1.807, 2.05) is 38.1 Å². The number of pyridine rings is 2. The fourth-order valence-electron chi connectivity index (χ4n) is 6.38. The zero-order valence-corrected chi connectivity index (χ0v) is 24.5. The molecular formula is C33H39N5O2. The maximum Gasteiger partial charge on any atom is 0.410 e. The number of benzene rings is 1. The van der Waals surface area contributed by atoms with Crippen LogP contribution < -0.4 is 0 Å². The number of aromatic amines is 1. The molecule has 0 saturated carbocycles. The van der Waals surface area contributed by atoms with Gasteiger partial charge in [0.1, 0.15) is 11.2 Å². The second-order valence-electron chi connectivity index (χ2n) is 12.5. The lowest BCUT2D eigenvalue weighted by Gasteiger charge is -2.30.